The first-order chi connectivity index (χ1) is 8.49. The molecule has 0 aliphatic rings. The van der Waals surface area contributed by atoms with E-state index in [0.717, 1.165) is 6.07 Å². The van der Waals surface area contributed by atoms with Crippen molar-refractivity contribution in [2.24, 2.45) is 0 Å². The lowest BCUT2D eigenvalue weighted by Crippen LogP contribution is -2.26. The average Bonchev–Trinajstić information content (AvgIpc) is 2.28. The van der Waals surface area contributed by atoms with Crippen molar-refractivity contribution in [3.8, 4) is 0 Å². The molecular weight excluding hydrogens is 259 g/mol. The van der Waals surface area contributed by atoms with Crippen LogP contribution in [0.4, 0.5) is 10.1 Å². The number of nitrogens with two attached hydrogens (primary N) is 1. The molecule has 0 aliphatic heterocycles. The van der Waals surface area contributed by atoms with Crippen molar-refractivity contribution in [2.45, 2.75) is 24.2 Å². The SMILES string of the molecule is Nc1cccc(F)c1S(=O)(=O)NCCCCCO. The molecule has 102 valence electrons. The van der Waals surface area contributed by atoms with Gasteiger partial charge < -0.3 is 10.8 Å². The Bertz CT molecular complexity index is 471. The van der Waals surface area contributed by atoms with Crippen LogP contribution in [0, 0.1) is 5.82 Å². The molecule has 0 aromatic heterocycles. The minimum Gasteiger partial charge on any atom is -0.398 e. The second-order valence-corrected chi connectivity index (χ2v) is 5.54. The number of hydrogen-bond acceptors (Lipinski definition) is 4. The second-order valence-electron chi connectivity index (χ2n) is 3.84. The van der Waals surface area contributed by atoms with Gasteiger partial charge in [-0.3, -0.25) is 0 Å². The predicted octanol–water partition coefficient (Wildman–Crippen LogP) is 0.849. The second kappa shape index (κ2) is 6.67. The van der Waals surface area contributed by atoms with Crippen molar-refractivity contribution < 1.29 is 17.9 Å². The summed E-state index contributed by atoms with van der Waals surface area (Å²) in [6, 6.07) is 3.74. The molecule has 0 amide bonds. The maximum atomic E-state index is 13.4. The van der Waals surface area contributed by atoms with E-state index in [0.29, 0.717) is 19.3 Å². The number of hydrogen-bond donors (Lipinski definition) is 3. The maximum Gasteiger partial charge on any atom is 0.245 e. The zero-order valence-electron chi connectivity index (χ0n) is 9.89. The van der Waals surface area contributed by atoms with Crippen LogP contribution in [-0.2, 0) is 10.0 Å². The van der Waals surface area contributed by atoms with Crippen LogP contribution in [0.3, 0.4) is 0 Å². The van der Waals surface area contributed by atoms with Gasteiger partial charge in [0.05, 0.1) is 5.69 Å². The molecule has 0 radical (unpaired) electrons. The minimum atomic E-state index is -3.92. The number of benzene rings is 1. The van der Waals surface area contributed by atoms with Crippen molar-refractivity contribution in [3.05, 3.63) is 24.0 Å². The summed E-state index contributed by atoms with van der Waals surface area (Å²) in [7, 11) is -3.92. The van der Waals surface area contributed by atoms with Gasteiger partial charge >= 0.3 is 0 Å². The number of rotatable bonds is 7. The fraction of sp³-hybridized carbons (Fsp3) is 0.455. The summed E-state index contributed by atoms with van der Waals surface area (Å²) in [6.07, 6.45) is 1.89. The third-order valence-electron chi connectivity index (χ3n) is 2.39. The van der Waals surface area contributed by atoms with E-state index in [1.807, 2.05) is 0 Å². The molecule has 0 bridgehead atoms. The van der Waals surface area contributed by atoms with Crippen LogP contribution in [0.15, 0.2) is 23.1 Å². The van der Waals surface area contributed by atoms with E-state index >= 15 is 0 Å². The topological polar surface area (TPSA) is 92.4 Å². The van der Waals surface area contributed by atoms with Gasteiger partial charge in [-0.1, -0.05) is 6.07 Å². The number of nitrogen functional groups attached to an aromatic ring is 1. The van der Waals surface area contributed by atoms with Gasteiger partial charge in [0.2, 0.25) is 10.0 Å². The molecule has 1 aromatic rings. The van der Waals surface area contributed by atoms with Crippen LogP contribution in [-0.4, -0.2) is 26.7 Å². The van der Waals surface area contributed by atoms with E-state index in [4.69, 9.17) is 10.8 Å². The maximum absolute atomic E-state index is 13.4. The van der Waals surface area contributed by atoms with Gasteiger partial charge in [-0.15, -0.1) is 0 Å². The Labute approximate surface area is 106 Å². The predicted molar refractivity (Wildman–Crippen MR) is 66.9 cm³/mol. The van der Waals surface area contributed by atoms with E-state index in [1.165, 1.54) is 12.1 Å². The lowest BCUT2D eigenvalue weighted by molar-refractivity contribution is 0.283. The van der Waals surface area contributed by atoms with E-state index in [-0.39, 0.29) is 18.8 Å². The Hall–Kier alpha value is -1.18. The summed E-state index contributed by atoms with van der Waals surface area (Å²) in [4.78, 5) is -0.507. The summed E-state index contributed by atoms with van der Waals surface area (Å²) < 4.78 is 39.4. The average molecular weight is 276 g/mol. The highest BCUT2D eigenvalue weighted by atomic mass is 32.2. The third-order valence-corrected chi connectivity index (χ3v) is 3.95. The van der Waals surface area contributed by atoms with Gasteiger partial charge in [0.15, 0.2) is 0 Å². The van der Waals surface area contributed by atoms with Gasteiger partial charge in [0, 0.05) is 13.2 Å². The Morgan fingerprint density at radius 3 is 2.61 bits per heavy atom. The number of aliphatic hydroxyl groups is 1. The fourth-order valence-corrected chi connectivity index (χ4v) is 2.76. The summed E-state index contributed by atoms with van der Waals surface area (Å²) in [5.41, 5.74) is 5.35. The molecule has 5 nitrogen and oxygen atoms in total. The molecule has 18 heavy (non-hydrogen) atoms. The molecule has 7 heteroatoms. The van der Waals surface area contributed by atoms with Crippen molar-refractivity contribution >= 4 is 15.7 Å². The van der Waals surface area contributed by atoms with Crippen LogP contribution >= 0.6 is 0 Å². The molecule has 0 saturated carbocycles. The van der Waals surface area contributed by atoms with Crippen molar-refractivity contribution in [1.29, 1.82) is 0 Å². The zero-order chi connectivity index (χ0) is 13.6. The standard InChI is InChI=1S/C11H17FN2O3S/c12-9-5-4-6-10(13)11(9)18(16,17)14-7-2-1-3-8-15/h4-6,14-15H,1-3,7-8,13H2. The zero-order valence-corrected chi connectivity index (χ0v) is 10.7. The van der Waals surface area contributed by atoms with Gasteiger partial charge in [0.1, 0.15) is 10.7 Å². The van der Waals surface area contributed by atoms with Gasteiger partial charge in [-0.2, -0.15) is 0 Å². The smallest absolute Gasteiger partial charge is 0.245 e. The number of halogens is 1. The fourth-order valence-electron chi connectivity index (χ4n) is 1.50. The lowest BCUT2D eigenvalue weighted by atomic mass is 10.2. The molecule has 1 rings (SSSR count). The van der Waals surface area contributed by atoms with Crippen molar-refractivity contribution in [2.75, 3.05) is 18.9 Å². The van der Waals surface area contributed by atoms with Crippen LogP contribution in [0.5, 0.6) is 0 Å². The van der Waals surface area contributed by atoms with Crippen LogP contribution in [0.2, 0.25) is 0 Å². The number of anilines is 1. The molecule has 1 aromatic carbocycles. The lowest BCUT2D eigenvalue weighted by Gasteiger charge is -2.09. The Morgan fingerprint density at radius 1 is 1.28 bits per heavy atom. The molecule has 0 aliphatic carbocycles. The summed E-state index contributed by atoms with van der Waals surface area (Å²) in [5, 5.41) is 8.57. The van der Waals surface area contributed by atoms with E-state index in [9.17, 15) is 12.8 Å². The van der Waals surface area contributed by atoms with Gasteiger partial charge in [0.25, 0.3) is 0 Å². The summed E-state index contributed by atoms with van der Waals surface area (Å²) in [5.74, 6) is -0.863. The van der Waals surface area contributed by atoms with E-state index in [2.05, 4.69) is 4.72 Å². The number of nitrogens with one attached hydrogen (secondary N) is 1. The highest BCUT2D eigenvalue weighted by Gasteiger charge is 2.21. The monoisotopic (exact) mass is 276 g/mol. The molecule has 0 atom stereocenters. The molecule has 0 saturated heterocycles. The molecule has 0 spiro atoms. The van der Waals surface area contributed by atoms with E-state index in [1.54, 1.807) is 0 Å². The Kier molecular flexibility index (Phi) is 5.52. The quantitative estimate of drug-likeness (QED) is 0.508. The van der Waals surface area contributed by atoms with Crippen molar-refractivity contribution in [1.82, 2.24) is 4.72 Å². The first-order valence-electron chi connectivity index (χ1n) is 5.63. The molecule has 0 fully saturated rings. The normalized spacial score (nSPS) is 11.7. The first kappa shape index (κ1) is 14.9. The Morgan fingerprint density at radius 2 is 2.00 bits per heavy atom. The van der Waals surface area contributed by atoms with Crippen molar-refractivity contribution in [3.63, 3.8) is 0 Å². The van der Waals surface area contributed by atoms with Crippen LogP contribution in [0.25, 0.3) is 0 Å². The highest BCUT2D eigenvalue weighted by molar-refractivity contribution is 7.89. The highest BCUT2D eigenvalue weighted by Crippen LogP contribution is 2.21. The van der Waals surface area contributed by atoms with Crippen LogP contribution < -0.4 is 10.5 Å². The van der Waals surface area contributed by atoms with Gasteiger partial charge in [-0.25, -0.2) is 17.5 Å². The minimum absolute atomic E-state index is 0.0764. The summed E-state index contributed by atoms with van der Waals surface area (Å²) >= 11 is 0. The molecule has 0 unspecified atom stereocenters. The first-order valence-corrected chi connectivity index (χ1v) is 7.12. The molecule has 0 heterocycles. The molecular formula is C11H17FN2O3S. The molecule has 4 N–H and O–H groups in total. The summed E-state index contributed by atoms with van der Waals surface area (Å²) in [6.45, 7) is 0.267. The van der Waals surface area contributed by atoms with E-state index < -0.39 is 20.7 Å². The number of aliphatic hydroxyl groups excluding tert-OH is 1. The third kappa shape index (κ3) is 3.94. The Balaban J connectivity index is 2.69. The largest absolute Gasteiger partial charge is 0.398 e. The number of sulfonamides is 1. The number of unbranched alkanes of at least 4 members (excludes halogenated alkanes) is 2. The van der Waals surface area contributed by atoms with Gasteiger partial charge in [-0.05, 0) is 31.4 Å². The van der Waals surface area contributed by atoms with Crippen LogP contribution in [0.1, 0.15) is 19.3 Å².